The van der Waals surface area contributed by atoms with Crippen LogP contribution in [0.25, 0.3) is 0 Å². The molecule has 128 valence electrons. The molecule has 2 aromatic carbocycles. The monoisotopic (exact) mass is 373 g/mol. The molecular weight excluding hydrogens is 357 g/mol. The second kappa shape index (κ2) is 8.19. The molecule has 0 saturated carbocycles. The molecule has 0 bridgehead atoms. The van der Waals surface area contributed by atoms with Gasteiger partial charge in [0.1, 0.15) is 5.82 Å². The fourth-order valence-corrected chi connectivity index (χ4v) is 2.94. The van der Waals surface area contributed by atoms with Gasteiger partial charge in [-0.15, -0.1) is 0 Å². The first-order chi connectivity index (χ1) is 12.1. The van der Waals surface area contributed by atoms with Gasteiger partial charge in [0.15, 0.2) is 0 Å². The Balaban J connectivity index is 1.59. The number of halogens is 2. The Morgan fingerprint density at radius 2 is 1.88 bits per heavy atom. The largest absolute Gasteiger partial charge is 0.352 e. The molecule has 0 atom stereocenters. The van der Waals surface area contributed by atoms with Crippen LogP contribution >= 0.6 is 23.2 Å². The van der Waals surface area contributed by atoms with Crippen molar-refractivity contribution in [3.05, 3.63) is 87.9 Å². The van der Waals surface area contributed by atoms with Gasteiger partial charge in [-0.3, -0.25) is 4.79 Å². The van der Waals surface area contributed by atoms with E-state index in [0.717, 1.165) is 12.4 Å². The molecule has 0 aliphatic heterocycles. The lowest BCUT2D eigenvalue weighted by atomic mass is 10.2. The molecule has 3 aromatic rings. The van der Waals surface area contributed by atoms with Crippen LogP contribution in [-0.4, -0.2) is 22.0 Å². The second-order valence-electron chi connectivity index (χ2n) is 5.56. The fourth-order valence-electron chi connectivity index (χ4n) is 2.55. The number of hydrogen-bond acceptors (Lipinski definition) is 2. The van der Waals surface area contributed by atoms with Crippen LogP contribution in [0.15, 0.2) is 60.9 Å². The quantitative estimate of drug-likeness (QED) is 0.703. The Bertz CT molecular complexity index is 862. The van der Waals surface area contributed by atoms with Gasteiger partial charge in [-0.1, -0.05) is 59.6 Å². The number of imidazole rings is 1. The summed E-state index contributed by atoms with van der Waals surface area (Å²) in [4.78, 5) is 16.6. The van der Waals surface area contributed by atoms with E-state index in [-0.39, 0.29) is 10.9 Å². The van der Waals surface area contributed by atoms with Crippen molar-refractivity contribution in [1.29, 1.82) is 0 Å². The van der Waals surface area contributed by atoms with E-state index in [1.54, 1.807) is 24.4 Å². The van der Waals surface area contributed by atoms with Crippen molar-refractivity contribution in [2.75, 3.05) is 6.54 Å². The Hall–Kier alpha value is -2.30. The average molecular weight is 374 g/mol. The summed E-state index contributed by atoms with van der Waals surface area (Å²) < 4.78 is 2.08. The minimum absolute atomic E-state index is 0.242. The normalized spacial score (nSPS) is 10.6. The van der Waals surface area contributed by atoms with Crippen molar-refractivity contribution in [2.45, 2.75) is 13.0 Å². The summed E-state index contributed by atoms with van der Waals surface area (Å²) in [5.41, 5.74) is 1.58. The van der Waals surface area contributed by atoms with Gasteiger partial charge < -0.3 is 9.88 Å². The fraction of sp³-hybridized carbons (Fsp3) is 0.158. The highest BCUT2D eigenvalue weighted by atomic mass is 35.5. The van der Waals surface area contributed by atoms with E-state index in [9.17, 15) is 4.79 Å². The van der Waals surface area contributed by atoms with Crippen molar-refractivity contribution in [2.24, 2.45) is 0 Å². The van der Waals surface area contributed by atoms with Gasteiger partial charge in [-0.05, 0) is 17.7 Å². The van der Waals surface area contributed by atoms with Crippen LogP contribution < -0.4 is 5.32 Å². The third kappa shape index (κ3) is 4.41. The lowest BCUT2D eigenvalue weighted by Crippen LogP contribution is -2.26. The molecule has 1 aromatic heterocycles. The number of nitrogens with one attached hydrogen (secondary N) is 1. The maximum absolute atomic E-state index is 12.2. The van der Waals surface area contributed by atoms with Crippen molar-refractivity contribution < 1.29 is 4.79 Å². The standard InChI is InChI=1S/C19H17Cl2N3O/c20-16-8-4-7-15(18(16)21)19(25)23-10-9-17-22-11-12-24(17)13-14-5-2-1-3-6-14/h1-8,11-12H,9-10,13H2,(H,23,25). The van der Waals surface area contributed by atoms with E-state index in [1.807, 2.05) is 24.4 Å². The SMILES string of the molecule is O=C(NCCc1nccn1Cc1ccccc1)c1cccc(Cl)c1Cl. The summed E-state index contributed by atoms with van der Waals surface area (Å²) in [6, 6.07) is 15.2. The number of rotatable bonds is 6. The first kappa shape index (κ1) is 17.5. The van der Waals surface area contributed by atoms with E-state index in [4.69, 9.17) is 23.2 Å². The maximum atomic E-state index is 12.2. The summed E-state index contributed by atoms with van der Waals surface area (Å²) in [5.74, 6) is 0.676. The smallest absolute Gasteiger partial charge is 0.252 e. The first-order valence-electron chi connectivity index (χ1n) is 7.91. The molecule has 0 spiro atoms. The Morgan fingerprint density at radius 1 is 1.08 bits per heavy atom. The number of nitrogens with zero attached hydrogens (tertiary/aromatic N) is 2. The molecule has 0 aliphatic carbocycles. The van der Waals surface area contributed by atoms with Gasteiger partial charge in [0.25, 0.3) is 5.91 Å². The van der Waals surface area contributed by atoms with Crippen molar-refractivity contribution in [3.63, 3.8) is 0 Å². The highest BCUT2D eigenvalue weighted by molar-refractivity contribution is 6.43. The number of hydrogen-bond donors (Lipinski definition) is 1. The molecule has 1 N–H and O–H groups in total. The van der Waals surface area contributed by atoms with Gasteiger partial charge >= 0.3 is 0 Å². The molecule has 6 heteroatoms. The predicted octanol–water partition coefficient (Wildman–Crippen LogP) is 4.21. The third-order valence-electron chi connectivity index (χ3n) is 3.83. The molecule has 4 nitrogen and oxygen atoms in total. The van der Waals surface area contributed by atoms with E-state index >= 15 is 0 Å². The van der Waals surface area contributed by atoms with Crippen molar-refractivity contribution in [3.8, 4) is 0 Å². The van der Waals surface area contributed by atoms with Gasteiger partial charge in [-0.2, -0.15) is 0 Å². The highest BCUT2D eigenvalue weighted by Gasteiger charge is 2.12. The Kier molecular flexibility index (Phi) is 5.74. The molecule has 0 saturated heterocycles. The van der Waals surface area contributed by atoms with Crippen molar-refractivity contribution >= 4 is 29.1 Å². The molecule has 0 fully saturated rings. The van der Waals surface area contributed by atoms with Gasteiger partial charge in [-0.25, -0.2) is 4.98 Å². The number of aromatic nitrogens is 2. The van der Waals surface area contributed by atoms with Gasteiger partial charge in [0.05, 0.1) is 15.6 Å². The number of benzene rings is 2. The molecular formula is C19H17Cl2N3O. The molecule has 0 radical (unpaired) electrons. The summed E-state index contributed by atoms with van der Waals surface area (Å²) in [7, 11) is 0. The van der Waals surface area contributed by atoms with Crippen LogP contribution in [0.2, 0.25) is 10.0 Å². The minimum Gasteiger partial charge on any atom is -0.352 e. The average Bonchev–Trinajstić information content (AvgIpc) is 3.05. The van der Waals surface area contributed by atoms with Crippen LogP contribution in [0.1, 0.15) is 21.7 Å². The molecule has 3 rings (SSSR count). The lowest BCUT2D eigenvalue weighted by Gasteiger charge is -2.10. The molecule has 0 unspecified atom stereocenters. The number of carbonyl (C=O) groups is 1. The maximum Gasteiger partial charge on any atom is 0.252 e. The predicted molar refractivity (Wildman–Crippen MR) is 100 cm³/mol. The van der Waals surface area contributed by atoms with Crippen LogP contribution in [-0.2, 0) is 13.0 Å². The third-order valence-corrected chi connectivity index (χ3v) is 4.65. The first-order valence-corrected chi connectivity index (χ1v) is 8.67. The summed E-state index contributed by atoms with van der Waals surface area (Å²) in [6.07, 6.45) is 4.34. The zero-order valence-electron chi connectivity index (χ0n) is 13.5. The second-order valence-corrected chi connectivity index (χ2v) is 6.35. The molecule has 25 heavy (non-hydrogen) atoms. The Labute approximate surface area is 156 Å². The van der Waals surface area contributed by atoms with Crippen molar-refractivity contribution in [1.82, 2.24) is 14.9 Å². The van der Waals surface area contributed by atoms with Gasteiger partial charge in [0, 0.05) is 31.9 Å². The topological polar surface area (TPSA) is 46.9 Å². The molecule has 0 aliphatic rings. The van der Waals surface area contributed by atoms with E-state index in [2.05, 4.69) is 27.0 Å². The number of carbonyl (C=O) groups excluding carboxylic acids is 1. The summed E-state index contributed by atoms with van der Waals surface area (Å²) in [6.45, 7) is 1.22. The van der Waals surface area contributed by atoms with E-state index in [1.165, 1.54) is 5.56 Å². The van der Waals surface area contributed by atoms with Gasteiger partial charge in [0.2, 0.25) is 0 Å². The Morgan fingerprint density at radius 3 is 2.68 bits per heavy atom. The minimum atomic E-state index is -0.242. The summed E-state index contributed by atoms with van der Waals surface area (Å²) in [5, 5.41) is 3.50. The zero-order valence-corrected chi connectivity index (χ0v) is 15.0. The van der Waals surface area contributed by atoms with Crippen LogP contribution in [0.3, 0.4) is 0 Å². The summed E-state index contributed by atoms with van der Waals surface area (Å²) >= 11 is 12.0. The van der Waals surface area contributed by atoms with E-state index in [0.29, 0.717) is 23.6 Å². The molecule has 1 heterocycles. The van der Waals surface area contributed by atoms with Crippen LogP contribution in [0, 0.1) is 0 Å². The van der Waals surface area contributed by atoms with Crippen LogP contribution in [0.4, 0.5) is 0 Å². The zero-order chi connectivity index (χ0) is 17.6. The highest BCUT2D eigenvalue weighted by Crippen LogP contribution is 2.25. The van der Waals surface area contributed by atoms with E-state index < -0.39 is 0 Å². The van der Waals surface area contributed by atoms with Crippen LogP contribution in [0.5, 0.6) is 0 Å². The molecule has 1 amide bonds. The lowest BCUT2D eigenvalue weighted by molar-refractivity contribution is 0.0954. The number of amides is 1.